The van der Waals surface area contributed by atoms with Crippen LogP contribution in [0.2, 0.25) is 0 Å². The topological polar surface area (TPSA) is 55.3 Å². The minimum absolute atomic E-state index is 0.140. The van der Waals surface area contributed by atoms with Crippen LogP contribution >= 0.6 is 0 Å². The lowest BCUT2D eigenvalue weighted by molar-refractivity contribution is 0.195. The Morgan fingerprint density at radius 1 is 1.50 bits per heavy atom. The Kier molecular flexibility index (Phi) is 4.40. The third-order valence-electron chi connectivity index (χ3n) is 3.63. The van der Waals surface area contributed by atoms with E-state index in [1.54, 1.807) is 6.26 Å². The van der Waals surface area contributed by atoms with Gasteiger partial charge in [-0.2, -0.15) is 0 Å². The Balaban J connectivity index is 1.94. The minimum Gasteiger partial charge on any atom is -0.449 e. The van der Waals surface area contributed by atoms with Crippen LogP contribution in [0, 0.1) is 0 Å². The van der Waals surface area contributed by atoms with Crippen molar-refractivity contribution >= 4 is 0 Å². The largest absolute Gasteiger partial charge is 0.449 e. The fraction of sp³-hybridized carbons (Fsp3) is 0.786. The summed E-state index contributed by atoms with van der Waals surface area (Å²) < 4.78 is 5.56. The van der Waals surface area contributed by atoms with E-state index in [1.165, 1.54) is 19.4 Å². The predicted octanol–water partition coefficient (Wildman–Crippen LogP) is 1.98. The lowest BCUT2D eigenvalue weighted by Crippen LogP contribution is -2.36. The molecule has 0 saturated carbocycles. The fourth-order valence-corrected chi connectivity index (χ4v) is 2.82. The highest BCUT2D eigenvalue weighted by Crippen LogP contribution is 2.23. The molecule has 4 nitrogen and oxygen atoms in total. The molecule has 2 atom stereocenters. The van der Waals surface area contributed by atoms with Crippen molar-refractivity contribution in [2.75, 3.05) is 6.54 Å². The second-order valence-corrected chi connectivity index (χ2v) is 5.75. The zero-order valence-corrected chi connectivity index (χ0v) is 11.7. The van der Waals surface area contributed by atoms with E-state index in [1.807, 2.05) is 6.92 Å². The molecule has 0 aromatic carbocycles. The number of rotatable bonds is 5. The van der Waals surface area contributed by atoms with E-state index in [-0.39, 0.29) is 6.04 Å². The molecular weight excluding hydrogens is 226 g/mol. The quantitative estimate of drug-likeness (QED) is 0.869. The van der Waals surface area contributed by atoms with Gasteiger partial charge in [0.2, 0.25) is 0 Å². The molecule has 2 heterocycles. The van der Waals surface area contributed by atoms with Crippen LogP contribution in [0.15, 0.2) is 10.7 Å². The van der Waals surface area contributed by atoms with Gasteiger partial charge < -0.3 is 10.2 Å². The van der Waals surface area contributed by atoms with Gasteiger partial charge in [0.15, 0.2) is 5.89 Å². The van der Waals surface area contributed by atoms with Gasteiger partial charge in [0, 0.05) is 31.0 Å². The van der Waals surface area contributed by atoms with E-state index < -0.39 is 0 Å². The zero-order valence-electron chi connectivity index (χ0n) is 11.7. The van der Waals surface area contributed by atoms with Crippen LogP contribution in [-0.2, 0) is 12.8 Å². The lowest BCUT2D eigenvalue weighted by atomic mass is 10.1. The summed E-state index contributed by atoms with van der Waals surface area (Å²) in [6.07, 6.45) is 6.02. The highest BCUT2D eigenvalue weighted by Gasteiger charge is 2.27. The number of aromatic nitrogens is 1. The zero-order chi connectivity index (χ0) is 13.1. The fourth-order valence-electron chi connectivity index (χ4n) is 2.82. The van der Waals surface area contributed by atoms with Crippen molar-refractivity contribution in [1.82, 2.24) is 9.88 Å². The normalized spacial score (nSPS) is 22.8. The summed E-state index contributed by atoms with van der Waals surface area (Å²) in [7, 11) is 0. The summed E-state index contributed by atoms with van der Waals surface area (Å²) >= 11 is 0. The highest BCUT2D eigenvalue weighted by molar-refractivity contribution is 5.00. The van der Waals surface area contributed by atoms with Crippen molar-refractivity contribution in [2.24, 2.45) is 5.73 Å². The smallest absolute Gasteiger partial charge is 0.195 e. The highest BCUT2D eigenvalue weighted by atomic mass is 16.3. The Morgan fingerprint density at radius 2 is 2.28 bits per heavy atom. The summed E-state index contributed by atoms with van der Waals surface area (Å²) in [4.78, 5) is 7.09. The number of nitrogens with two attached hydrogens (primary N) is 1. The molecule has 1 saturated heterocycles. The maximum Gasteiger partial charge on any atom is 0.195 e. The molecule has 18 heavy (non-hydrogen) atoms. The van der Waals surface area contributed by atoms with Crippen LogP contribution in [0.5, 0.6) is 0 Å². The first-order valence-corrected chi connectivity index (χ1v) is 7.01. The molecule has 2 unspecified atom stereocenters. The van der Waals surface area contributed by atoms with Gasteiger partial charge in [-0.25, -0.2) is 4.98 Å². The van der Waals surface area contributed by atoms with Crippen molar-refractivity contribution in [1.29, 1.82) is 0 Å². The van der Waals surface area contributed by atoms with E-state index >= 15 is 0 Å². The molecule has 0 radical (unpaired) electrons. The van der Waals surface area contributed by atoms with Crippen LogP contribution in [0.1, 0.15) is 45.2 Å². The van der Waals surface area contributed by atoms with E-state index in [4.69, 9.17) is 10.2 Å². The van der Waals surface area contributed by atoms with Gasteiger partial charge in [-0.1, -0.05) is 0 Å². The molecular formula is C14H25N3O. The average Bonchev–Trinajstić information content (AvgIpc) is 2.87. The van der Waals surface area contributed by atoms with Crippen molar-refractivity contribution < 1.29 is 4.42 Å². The average molecular weight is 251 g/mol. The maximum atomic E-state index is 5.77. The number of likely N-dealkylation sites (tertiary alicyclic amines) is 1. The Labute approximate surface area is 110 Å². The van der Waals surface area contributed by atoms with E-state index in [0.29, 0.717) is 12.1 Å². The molecule has 0 spiro atoms. The third-order valence-corrected chi connectivity index (χ3v) is 3.63. The van der Waals surface area contributed by atoms with Crippen LogP contribution in [0.25, 0.3) is 0 Å². The molecule has 102 valence electrons. The molecule has 1 aliphatic heterocycles. The van der Waals surface area contributed by atoms with Gasteiger partial charge in [0.25, 0.3) is 0 Å². The molecule has 4 heteroatoms. The number of oxazole rings is 1. The monoisotopic (exact) mass is 251 g/mol. The van der Waals surface area contributed by atoms with Crippen LogP contribution < -0.4 is 5.73 Å². The predicted molar refractivity (Wildman–Crippen MR) is 72.4 cm³/mol. The van der Waals surface area contributed by atoms with Crippen LogP contribution in [0.3, 0.4) is 0 Å². The van der Waals surface area contributed by atoms with Crippen LogP contribution in [0.4, 0.5) is 0 Å². The van der Waals surface area contributed by atoms with Gasteiger partial charge >= 0.3 is 0 Å². The molecule has 1 aliphatic rings. The first-order chi connectivity index (χ1) is 8.56. The lowest BCUT2D eigenvalue weighted by Gasteiger charge is -2.27. The van der Waals surface area contributed by atoms with Gasteiger partial charge in [-0.05, 0) is 40.2 Å². The summed E-state index contributed by atoms with van der Waals surface area (Å²) in [5, 5.41) is 0. The Morgan fingerprint density at radius 3 is 2.94 bits per heavy atom. The summed E-state index contributed by atoms with van der Waals surface area (Å²) in [6, 6.07) is 1.34. The summed E-state index contributed by atoms with van der Waals surface area (Å²) in [6.45, 7) is 7.71. The summed E-state index contributed by atoms with van der Waals surface area (Å²) in [5.74, 6) is 0.864. The number of hydrogen-bond donors (Lipinski definition) is 1. The van der Waals surface area contributed by atoms with E-state index in [0.717, 1.165) is 24.4 Å². The van der Waals surface area contributed by atoms with Crippen molar-refractivity contribution in [2.45, 2.75) is 64.6 Å². The standard InChI is InChI=1S/C14H25N3O/c1-10(2)17-6-4-5-13(17)8-14-16-12(9-18-14)7-11(3)15/h9-11,13H,4-8,15H2,1-3H3. The van der Waals surface area contributed by atoms with Crippen molar-refractivity contribution in [3.63, 3.8) is 0 Å². The number of nitrogens with zero attached hydrogens (tertiary/aromatic N) is 2. The van der Waals surface area contributed by atoms with E-state index in [9.17, 15) is 0 Å². The van der Waals surface area contributed by atoms with Gasteiger partial charge in [0.1, 0.15) is 6.26 Å². The van der Waals surface area contributed by atoms with E-state index in [2.05, 4.69) is 23.7 Å². The molecule has 0 bridgehead atoms. The molecule has 1 aromatic heterocycles. The van der Waals surface area contributed by atoms with Gasteiger partial charge in [-0.15, -0.1) is 0 Å². The SMILES string of the molecule is CC(N)Cc1coc(CC2CCCN2C(C)C)n1. The number of hydrogen-bond acceptors (Lipinski definition) is 4. The first-order valence-electron chi connectivity index (χ1n) is 7.01. The second-order valence-electron chi connectivity index (χ2n) is 5.75. The molecule has 2 N–H and O–H groups in total. The molecule has 0 aliphatic carbocycles. The third kappa shape index (κ3) is 3.33. The summed E-state index contributed by atoms with van der Waals surface area (Å²) in [5.41, 5.74) is 6.75. The van der Waals surface area contributed by atoms with Gasteiger partial charge in [0.05, 0.1) is 5.69 Å². The van der Waals surface area contributed by atoms with Crippen molar-refractivity contribution in [3.05, 3.63) is 17.8 Å². The molecule has 1 fully saturated rings. The van der Waals surface area contributed by atoms with Crippen LogP contribution in [-0.4, -0.2) is 34.6 Å². The first kappa shape index (κ1) is 13.6. The Hall–Kier alpha value is -0.870. The molecule has 1 aromatic rings. The van der Waals surface area contributed by atoms with Gasteiger partial charge in [-0.3, -0.25) is 4.90 Å². The van der Waals surface area contributed by atoms with Crippen molar-refractivity contribution in [3.8, 4) is 0 Å². The minimum atomic E-state index is 0.140. The molecule has 2 rings (SSSR count). The second kappa shape index (κ2) is 5.85. The maximum absolute atomic E-state index is 5.77. The molecule has 0 amide bonds. The Bertz CT molecular complexity index is 373.